The van der Waals surface area contributed by atoms with Gasteiger partial charge in [-0.1, -0.05) is 37.5 Å². The molecule has 25 heavy (non-hydrogen) atoms. The zero-order valence-electron chi connectivity index (χ0n) is 14.1. The molecule has 0 saturated carbocycles. The van der Waals surface area contributed by atoms with Gasteiger partial charge in [-0.15, -0.1) is 0 Å². The number of amides is 1. The minimum absolute atomic E-state index is 0.0594. The molecule has 0 unspecified atom stereocenters. The number of nitrogens with one attached hydrogen (secondary N) is 1. The second-order valence-electron chi connectivity index (χ2n) is 6.32. The van der Waals surface area contributed by atoms with Crippen molar-refractivity contribution in [2.24, 2.45) is 0 Å². The lowest BCUT2D eigenvalue weighted by molar-refractivity contribution is -0.134. The number of carbonyl (C=O) groups excluding carboxylic acids is 2. The average molecular weight is 342 g/mol. The number of fused-ring (bicyclic) bond motifs is 1. The molecular weight excluding hydrogens is 320 g/mol. The third kappa shape index (κ3) is 4.26. The van der Waals surface area contributed by atoms with Gasteiger partial charge in [-0.25, -0.2) is 4.79 Å². The van der Waals surface area contributed by atoms with Gasteiger partial charge in [0.15, 0.2) is 6.61 Å². The molecule has 1 aliphatic heterocycles. The van der Waals surface area contributed by atoms with Gasteiger partial charge in [0.1, 0.15) is 5.69 Å². The van der Waals surface area contributed by atoms with Crippen LogP contribution in [0.2, 0.25) is 0 Å². The average Bonchev–Trinajstić information content (AvgIpc) is 2.59. The maximum Gasteiger partial charge on any atom is 0.355 e. The van der Waals surface area contributed by atoms with E-state index in [0.29, 0.717) is 23.9 Å². The number of H-pyrrole nitrogens is 1. The lowest BCUT2D eigenvalue weighted by Crippen LogP contribution is -2.37. The first-order chi connectivity index (χ1) is 12.1. The molecule has 2 aromatic rings. The predicted molar refractivity (Wildman–Crippen MR) is 94.5 cm³/mol. The Labute approximate surface area is 145 Å². The number of hydrogen-bond donors (Lipinski definition) is 1. The Morgan fingerprint density at radius 3 is 2.48 bits per heavy atom. The molecule has 1 saturated heterocycles. The van der Waals surface area contributed by atoms with Gasteiger partial charge in [-0.3, -0.25) is 9.59 Å². The first-order valence-corrected chi connectivity index (χ1v) is 8.72. The Hall–Kier alpha value is -2.63. The fourth-order valence-electron chi connectivity index (χ4n) is 3.11. The Morgan fingerprint density at radius 1 is 1.04 bits per heavy atom. The maximum atomic E-state index is 12.3. The molecule has 0 radical (unpaired) electrons. The molecule has 1 fully saturated rings. The molecule has 1 amide bonds. The summed E-state index contributed by atoms with van der Waals surface area (Å²) in [6.07, 6.45) is 5.44. The Balaban J connectivity index is 1.64. The van der Waals surface area contributed by atoms with Crippen molar-refractivity contribution in [2.75, 3.05) is 19.7 Å². The van der Waals surface area contributed by atoms with Crippen LogP contribution in [-0.2, 0) is 9.53 Å². The summed E-state index contributed by atoms with van der Waals surface area (Å²) in [4.78, 5) is 40.7. The molecule has 0 bridgehead atoms. The molecule has 0 atom stereocenters. The maximum absolute atomic E-state index is 12.3. The van der Waals surface area contributed by atoms with E-state index in [4.69, 9.17) is 4.74 Å². The van der Waals surface area contributed by atoms with E-state index < -0.39 is 5.97 Å². The largest absolute Gasteiger partial charge is 0.451 e. The molecular formula is C19H22N2O4. The lowest BCUT2D eigenvalue weighted by atomic mass is 10.1. The summed E-state index contributed by atoms with van der Waals surface area (Å²) in [5.74, 6) is -0.873. The number of hydrogen-bond acceptors (Lipinski definition) is 4. The third-order valence-electron chi connectivity index (χ3n) is 4.51. The van der Waals surface area contributed by atoms with E-state index in [9.17, 15) is 14.4 Å². The van der Waals surface area contributed by atoms with E-state index in [1.807, 2.05) is 0 Å². The van der Waals surface area contributed by atoms with Crippen LogP contribution in [0.4, 0.5) is 0 Å². The number of likely N-dealkylation sites (tertiary alicyclic amines) is 1. The van der Waals surface area contributed by atoms with Crippen LogP contribution in [0.25, 0.3) is 10.8 Å². The van der Waals surface area contributed by atoms with E-state index in [-0.39, 0.29) is 23.8 Å². The van der Waals surface area contributed by atoms with E-state index >= 15 is 0 Å². The van der Waals surface area contributed by atoms with E-state index in [1.54, 1.807) is 35.2 Å². The van der Waals surface area contributed by atoms with E-state index in [2.05, 4.69) is 4.98 Å². The number of carbonyl (C=O) groups is 2. The smallest absolute Gasteiger partial charge is 0.355 e. The lowest BCUT2D eigenvalue weighted by Gasteiger charge is -2.24. The van der Waals surface area contributed by atoms with Crippen LogP contribution >= 0.6 is 0 Å². The van der Waals surface area contributed by atoms with Gasteiger partial charge in [0.2, 0.25) is 0 Å². The molecule has 2 heterocycles. The van der Waals surface area contributed by atoms with Gasteiger partial charge in [0, 0.05) is 18.5 Å². The minimum Gasteiger partial charge on any atom is -0.451 e. The van der Waals surface area contributed by atoms with Crippen LogP contribution < -0.4 is 5.56 Å². The number of ether oxygens (including phenoxy) is 1. The highest BCUT2D eigenvalue weighted by molar-refractivity contribution is 5.94. The monoisotopic (exact) mass is 342 g/mol. The highest BCUT2D eigenvalue weighted by atomic mass is 16.5. The summed E-state index contributed by atoms with van der Waals surface area (Å²) in [5.41, 5.74) is -0.288. The Kier molecular flexibility index (Phi) is 5.48. The fraction of sp³-hybridized carbons (Fsp3) is 0.421. The molecule has 1 aliphatic rings. The molecule has 0 aliphatic carbocycles. The second kappa shape index (κ2) is 7.96. The summed E-state index contributed by atoms with van der Waals surface area (Å²) >= 11 is 0. The summed E-state index contributed by atoms with van der Waals surface area (Å²) in [5, 5.41) is 1.17. The van der Waals surface area contributed by atoms with E-state index in [1.165, 1.54) is 6.42 Å². The number of pyridine rings is 1. The Bertz CT molecular complexity index is 820. The van der Waals surface area contributed by atoms with Crippen LogP contribution in [0, 0.1) is 0 Å². The summed E-state index contributed by atoms with van der Waals surface area (Å²) < 4.78 is 5.12. The molecule has 1 aromatic heterocycles. The van der Waals surface area contributed by atoms with Crippen molar-refractivity contribution >= 4 is 22.6 Å². The first-order valence-electron chi connectivity index (χ1n) is 8.72. The van der Waals surface area contributed by atoms with Crippen LogP contribution in [0.3, 0.4) is 0 Å². The summed E-state index contributed by atoms with van der Waals surface area (Å²) in [6.45, 7) is 1.13. The van der Waals surface area contributed by atoms with Crippen molar-refractivity contribution in [2.45, 2.75) is 32.1 Å². The molecule has 3 rings (SSSR count). The van der Waals surface area contributed by atoms with Crippen molar-refractivity contribution in [3.63, 3.8) is 0 Å². The zero-order valence-corrected chi connectivity index (χ0v) is 14.1. The minimum atomic E-state index is -0.691. The number of esters is 1. The SMILES string of the molecule is O=C(OCC(=O)N1CCCCCCC1)c1cc2ccccc2c(=O)[nH]1. The van der Waals surface area contributed by atoms with Crippen LogP contribution in [-0.4, -0.2) is 41.5 Å². The quantitative estimate of drug-likeness (QED) is 0.869. The third-order valence-corrected chi connectivity index (χ3v) is 4.51. The summed E-state index contributed by atoms with van der Waals surface area (Å²) in [6, 6.07) is 8.57. The standard InChI is InChI=1S/C19H22N2O4/c22-17(21-10-6-2-1-3-7-11-21)13-25-19(24)16-12-14-8-4-5-9-15(14)18(23)20-16/h4-5,8-9,12H,1-3,6-7,10-11,13H2,(H,20,23). The fourth-order valence-corrected chi connectivity index (χ4v) is 3.11. The summed E-state index contributed by atoms with van der Waals surface area (Å²) in [7, 11) is 0. The molecule has 6 nitrogen and oxygen atoms in total. The topological polar surface area (TPSA) is 79.5 Å². The predicted octanol–water partition coefficient (Wildman–Crippen LogP) is 2.48. The molecule has 1 N–H and O–H groups in total. The highest BCUT2D eigenvalue weighted by Crippen LogP contribution is 2.12. The normalized spacial score (nSPS) is 15.4. The van der Waals surface area contributed by atoms with Crippen LogP contribution in [0.5, 0.6) is 0 Å². The van der Waals surface area contributed by atoms with Crippen LogP contribution in [0.15, 0.2) is 35.1 Å². The first kappa shape index (κ1) is 17.2. The number of nitrogens with zero attached hydrogens (tertiary/aromatic N) is 1. The van der Waals surface area contributed by atoms with E-state index in [0.717, 1.165) is 25.7 Å². The molecule has 1 aromatic carbocycles. The highest BCUT2D eigenvalue weighted by Gasteiger charge is 2.18. The zero-order chi connectivity index (χ0) is 17.6. The number of benzene rings is 1. The van der Waals surface area contributed by atoms with Gasteiger partial charge in [-0.2, -0.15) is 0 Å². The second-order valence-corrected chi connectivity index (χ2v) is 6.32. The van der Waals surface area contributed by atoms with Crippen molar-refractivity contribution in [3.05, 3.63) is 46.4 Å². The van der Waals surface area contributed by atoms with Gasteiger partial charge < -0.3 is 14.6 Å². The Morgan fingerprint density at radius 2 is 1.72 bits per heavy atom. The molecule has 0 spiro atoms. The van der Waals surface area contributed by atoms with Crippen molar-refractivity contribution < 1.29 is 14.3 Å². The number of aromatic amines is 1. The van der Waals surface area contributed by atoms with Crippen molar-refractivity contribution in [1.82, 2.24) is 9.88 Å². The van der Waals surface area contributed by atoms with Gasteiger partial charge in [0.05, 0.1) is 0 Å². The number of aromatic nitrogens is 1. The van der Waals surface area contributed by atoms with Gasteiger partial charge >= 0.3 is 5.97 Å². The van der Waals surface area contributed by atoms with Crippen LogP contribution in [0.1, 0.15) is 42.6 Å². The van der Waals surface area contributed by atoms with Crippen molar-refractivity contribution in [3.8, 4) is 0 Å². The van der Waals surface area contributed by atoms with Gasteiger partial charge in [-0.05, 0) is 30.4 Å². The number of rotatable bonds is 3. The van der Waals surface area contributed by atoms with Gasteiger partial charge in [0.25, 0.3) is 11.5 Å². The van der Waals surface area contributed by atoms with Crippen molar-refractivity contribution in [1.29, 1.82) is 0 Å². The molecule has 6 heteroatoms. The molecule has 132 valence electrons.